The van der Waals surface area contributed by atoms with Gasteiger partial charge in [-0.1, -0.05) is 43.2 Å². The molecule has 2 aromatic carbocycles. The molecule has 0 bridgehead atoms. The lowest BCUT2D eigenvalue weighted by atomic mass is 10.0. The van der Waals surface area contributed by atoms with E-state index >= 15 is 0 Å². The largest absolute Gasteiger partial charge is 0.339 e. The van der Waals surface area contributed by atoms with E-state index in [9.17, 15) is 18.0 Å². The number of nitrogens with one attached hydrogen (secondary N) is 1. The monoisotopic (exact) mass is 608 g/mol. The Bertz CT molecular complexity index is 1490. The number of nitrogens with zero attached hydrogens (tertiary/aromatic N) is 3. The number of benzene rings is 2. The number of sulfonamides is 1. The van der Waals surface area contributed by atoms with Gasteiger partial charge in [0.25, 0.3) is 11.8 Å². The normalized spacial score (nSPS) is 16.4. The number of carbonyl (C=O) groups is 2. The van der Waals surface area contributed by atoms with Crippen molar-refractivity contribution in [2.24, 2.45) is 0 Å². The van der Waals surface area contributed by atoms with Crippen LogP contribution < -0.4 is 5.32 Å². The highest BCUT2D eigenvalue weighted by Gasteiger charge is 2.31. The second kappa shape index (κ2) is 13.5. The fourth-order valence-electron chi connectivity index (χ4n) is 5.80. The molecule has 1 N–H and O–H groups in total. The zero-order valence-electron chi connectivity index (χ0n) is 24.5. The van der Waals surface area contributed by atoms with E-state index < -0.39 is 10.0 Å². The third-order valence-electron chi connectivity index (χ3n) is 8.20. The van der Waals surface area contributed by atoms with Crippen molar-refractivity contribution in [1.82, 2.24) is 14.1 Å². The molecule has 5 rings (SSSR count). The fourth-order valence-corrected chi connectivity index (χ4v) is 8.60. The summed E-state index contributed by atoms with van der Waals surface area (Å²) >= 11 is 1.47. The summed E-state index contributed by atoms with van der Waals surface area (Å²) in [5, 5.41) is 3.58. The highest BCUT2D eigenvalue weighted by atomic mass is 32.2. The first kappa shape index (κ1) is 30.4. The van der Waals surface area contributed by atoms with Crippen molar-refractivity contribution in [2.45, 2.75) is 63.9 Å². The van der Waals surface area contributed by atoms with Crippen molar-refractivity contribution in [3.05, 3.63) is 81.7 Å². The molecule has 2 amide bonds. The molecule has 1 aromatic heterocycles. The number of anilines is 1. The third kappa shape index (κ3) is 6.62. The minimum absolute atomic E-state index is 0.0665. The standard InChI is InChI=1S/C32H40N4O4S2/c1-3-35(4-2)32(38)29-27-18-21-34(22-24-12-8-7-9-13-24)23-28(27)41-31(29)33-30(37)25-14-16-26(17-15-25)42(39,40)36-19-10-5-6-11-20-36/h7-9,12-17H,3-6,10-11,18-23H2,1-2H3,(H,33,37). The summed E-state index contributed by atoms with van der Waals surface area (Å²) in [7, 11) is -3.60. The van der Waals surface area contributed by atoms with E-state index in [1.165, 1.54) is 29.0 Å². The van der Waals surface area contributed by atoms with Gasteiger partial charge in [-0.05, 0) is 68.5 Å². The van der Waals surface area contributed by atoms with Crippen molar-refractivity contribution in [1.29, 1.82) is 0 Å². The molecule has 10 heteroatoms. The van der Waals surface area contributed by atoms with Crippen LogP contribution in [-0.2, 0) is 29.5 Å². The van der Waals surface area contributed by atoms with Gasteiger partial charge >= 0.3 is 0 Å². The van der Waals surface area contributed by atoms with Crippen LogP contribution in [-0.4, -0.2) is 67.1 Å². The van der Waals surface area contributed by atoms with Crippen LogP contribution in [0.2, 0.25) is 0 Å². The zero-order chi connectivity index (χ0) is 29.7. The number of fused-ring (bicyclic) bond motifs is 1. The number of thiophene rings is 1. The maximum absolute atomic E-state index is 13.7. The van der Waals surface area contributed by atoms with E-state index in [0.717, 1.165) is 55.6 Å². The molecule has 0 aliphatic carbocycles. The maximum atomic E-state index is 13.7. The molecule has 1 saturated heterocycles. The lowest BCUT2D eigenvalue weighted by Gasteiger charge is -2.28. The van der Waals surface area contributed by atoms with E-state index in [0.29, 0.717) is 48.9 Å². The first-order valence-corrected chi connectivity index (χ1v) is 17.2. The average Bonchev–Trinajstić information content (AvgIpc) is 3.14. The van der Waals surface area contributed by atoms with Crippen molar-refractivity contribution < 1.29 is 18.0 Å². The van der Waals surface area contributed by atoms with Crippen molar-refractivity contribution in [3.63, 3.8) is 0 Å². The topological polar surface area (TPSA) is 90.0 Å². The Morgan fingerprint density at radius 3 is 2.21 bits per heavy atom. The summed E-state index contributed by atoms with van der Waals surface area (Å²) < 4.78 is 27.9. The lowest BCUT2D eigenvalue weighted by Crippen LogP contribution is -2.33. The van der Waals surface area contributed by atoms with Crippen molar-refractivity contribution in [3.8, 4) is 0 Å². The van der Waals surface area contributed by atoms with Gasteiger partial charge in [0, 0.05) is 56.3 Å². The minimum Gasteiger partial charge on any atom is -0.339 e. The molecular weight excluding hydrogens is 569 g/mol. The van der Waals surface area contributed by atoms with Gasteiger partial charge in [-0.2, -0.15) is 4.31 Å². The summed E-state index contributed by atoms with van der Waals surface area (Å²) in [5.74, 6) is -0.426. The van der Waals surface area contributed by atoms with E-state index in [1.807, 2.05) is 32.0 Å². The molecule has 42 heavy (non-hydrogen) atoms. The highest BCUT2D eigenvalue weighted by molar-refractivity contribution is 7.89. The van der Waals surface area contributed by atoms with Gasteiger partial charge in [0.15, 0.2) is 0 Å². The van der Waals surface area contributed by atoms with Gasteiger partial charge in [-0.3, -0.25) is 14.5 Å². The predicted molar refractivity (Wildman–Crippen MR) is 167 cm³/mol. The van der Waals surface area contributed by atoms with Gasteiger partial charge in [-0.25, -0.2) is 8.42 Å². The Hall–Kier alpha value is -3.05. The van der Waals surface area contributed by atoms with Crippen molar-refractivity contribution in [2.75, 3.05) is 38.0 Å². The fraction of sp³-hybridized carbons (Fsp3) is 0.438. The molecule has 8 nitrogen and oxygen atoms in total. The molecule has 0 spiro atoms. The highest BCUT2D eigenvalue weighted by Crippen LogP contribution is 2.38. The second-order valence-corrected chi connectivity index (χ2v) is 14.0. The summed E-state index contributed by atoms with van der Waals surface area (Å²) in [4.78, 5) is 32.6. The first-order valence-electron chi connectivity index (χ1n) is 14.9. The van der Waals surface area contributed by atoms with Crippen LogP contribution in [0.3, 0.4) is 0 Å². The average molecular weight is 609 g/mol. The van der Waals surface area contributed by atoms with Crippen LogP contribution in [0, 0.1) is 0 Å². The van der Waals surface area contributed by atoms with E-state index in [2.05, 4.69) is 22.3 Å². The molecule has 0 saturated carbocycles. The van der Waals surface area contributed by atoms with E-state index in [4.69, 9.17) is 0 Å². The molecule has 224 valence electrons. The van der Waals surface area contributed by atoms with Crippen LogP contribution in [0.1, 0.15) is 76.3 Å². The Labute approximate surface area is 253 Å². The summed E-state index contributed by atoms with van der Waals surface area (Å²) in [6.45, 7) is 8.51. The molecule has 0 radical (unpaired) electrons. The quantitative estimate of drug-likeness (QED) is 0.341. The number of hydrogen-bond donors (Lipinski definition) is 1. The predicted octanol–water partition coefficient (Wildman–Crippen LogP) is 5.61. The Morgan fingerprint density at radius 2 is 1.57 bits per heavy atom. The smallest absolute Gasteiger partial charge is 0.257 e. The van der Waals surface area contributed by atoms with Gasteiger partial charge in [0.05, 0.1) is 10.5 Å². The SMILES string of the molecule is CCN(CC)C(=O)c1c(NC(=O)c2ccc(S(=O)(=O)N3CCCCCC3)cc2)sc2c1CCN(Cc1ccccc1)C2. The first-order chi connectivity index (χ1) is 20.3. The van der Waals surface area contributed by atoms with Crippen LogP contribution in [0.25, 0.3) is 0 Å². The van der Waals surface area contributed by atoms with E-state index in [-0.39, 0.29) is 16.7 Å². The molecule has 0 unspecified atom stereocenters. The number of carbonyl (C=O) groups excluding carboxylic acids is 2. The van der Waals surface area contributed by atoms with Crippen LogP contribution in [0.5, 0.6) is 0 Å². The van der Waals surface area contributed by atoms with Gasteiger partial charge in [0.1, 0.15) is 5.00 Å². The maximum Gasteiger partial charge on any atom is 0.257 e. The minimum atomic E-state index is -3.60. The van der Waals surface area contributed by atoms with Gasteiger partial charge in [-0.15, -0.1) is 11.3 Å². The number of amides is 2. The summed E-state index contributed by atoms with van der Waals surface area (Å²) in [6.07, 6.45) is 4.55. The Kier molecular flexibility index (Phi) is 9.77. The Morgan fingerprint density at radius 1 is 0.905 bits per heavy atom. The molecule has 2 aliphatic heterocycles. The molecule has 3 aromatic rings. The van der Waals surface area contributed by atoms with Crippen LogP contribution in [0.15, 0.2) is 59.5 Å². The van der Waals surface area contributed by atoms with Crippen LogP contribution >= 0.6 is 11.3 Å². The van der Waals surface area contributed by atoms with Crippen molar-refractivity contribution >= 4 is 38.2 Å². The Balaban J connectivity index is 1.37. The molecule has 2 aliphatic rings. The lowest BCUT2D eigenvalue weighted by molar-refractivity contribution is 0.0772. The molecule has 3 heterocycles. The molecule has 1 fully saturated rings. The van der Waals surface area contributed by atoms with Gasteiger partial charge < -0.3 is 10.2 Å². The summed E-state index contributed by atoms with van der Waals surface area (Å²) in [6, 6.07) is 16.5. The molecule has 0 atom stereocenters. The number of hydrogen-bond acceptors (Lipinski definition) is 6. The third-order valence-corrected chi connectivity index (χ3v) is 11.2. The van der Waals surface area contributed by atoms with Gasteiger partial charge in [0.2, 0.25) is 10.0 Å². The molecular formula is C32H40N4O4S2. The second-order valence-electron chi connectivity index (χ2n) is 10.9. The van der Waals surface area contributed by atoms with Crippen LogP contribution in [0.4, 0.5) is 5.00 Å². The zero-order valence-corrected chi connectivity index (χ0v) is 26.1. The number of rotatable bonds is 9. The summed E-state index contributed by atoms with van der Waals surface area (Å²) in [5.41, 5.74) is 3.21. The van der Waals surface area contributed by atoms with E-state index in [1.54, 1.807) is 21.3 Å².